The third-order valence-corrected chi connectivity index (χ3v) is 3.86. The first-order chi connectivity index (χ1) is 8.58. The second kappa shape index (κ2) is 6.12. The van der Waals surface area contributed by atoms with Crippen LogP contribution in [0.5, 0.6) is 0 Å². The van der Waals surface area contributed by atoms with Gasteiger partial charge in [-0.15, -0.1) is 0 Å². The number of halogens is 2. The van der Waals surface area contributed by atoms with Crippen molar-refractivity contribution in [2.75, 3.05) is 0 Å². The predicted octanol–water partition coefficient (Wildman–Crippen LogP) is 3.81. The first-order valence-corrected chi connectivity index (χ1v) is 7.47. The molecular weight excluding hydrogens is 454 g/mol. The van der Waals surface area contributed by atoms with Gasteiger partial charge in [-0.2, -0.15) is 0 Å². The van der Waals surface area contributed by atoms with Gasteiger partial charge >= 0.3 is 0 Å². The summed E-state index contributed by atoms with van der Waals surface area (Å²) in [5.74, 6) is -0.268. The van der Waals surface area contributed by atoms with Gasteiger partial charge in [0, 0.05) is 12.7 Å². The number of benzene rings is 2. The molecule has 0 aliphatic carbocycles. The maximum atomic E-state index is 12.2. The normalized spacial score (nSPS) is 12.2. The summed E-state index contributed by atoms with van der Waals surface area (Å²) >= 11 is 4.31. The largest absolute Gasteiger partial charge is 0.380 e. The summed E-state index contributed by atoms with van der Waals surface area (Å²) in [5.41, 5.74) is 1.17. The van der Waals surface area contributed by atoms with Crippen molar-refractivity contribution in [1.82, 2.24) is 0 Å². The van der Waals surface area contributed by atoms with E-state index in [4.69, 9.17) is 0 Å². The molecule has 0 saturated carbocycles. The monoisotopic (exact) mass is 464 g/mol. The molecule has 2 aromatic carbocycles. The topological polar surface area (TPSA) is 37.3 Å². The molecule has 2 rings (SSSR count). The number of carbonyl (C=O) groups excluding carboxylic acids is 1. The van der Waals surface area contributed by atoms with Crippen molar-refractivity contribution in [3.05, 3.63) is 66.8 Å². The Hall–Kier alpha value is -0.470. The maximum absolute atomic E-state index is 12.2. The Morgan fingerprint density at radius 1 is 1.00 bits per heavy atom. The summed E-state index contributed by atoms with van der Waals surface area (Å²) < 4.78 is 1.98. The number of Topliss-reactive ketones (excluding diaryl/α,β-unsaturated/α-hetero) is 1. The Bertz CT molecular complexity index is 582. The van der Waals surface area contributed by atoms with Crippen molar-refractivity contribution >= 4 is 51.0 Å². The molecule has 0 fully saturated rings. The van der Waals surface area contributed by atoms with Gasteiger partial charge < -0.3 is 5.11 Å². The van der Waals surface area contributed by atoms with E-state index in [0.717, 1.165) is 7.14 Å². The van der Waals surface area contributed by atoms with Gasteiger partial charge in [0.2, 0.25) is 0 Å². The smallest absolute Gasteiger partial charge is 0.195 e. The zero-order valence-corrected chi connectivity index (χ0v) is 13.6. The van der Waals surface area contributed by atoms with Crippen LogP contribution in [0.25, 0.3) is 0 Å². The molecule has 0 amide bonds. The highest BCUT2D eigenvalue weighted by Gasteiger charge is 2.19. The Morgan fingerprint density at radius 2 is 1.61 bits per heavy atom. The molecule has 2 aromatic rings. The zero-order chi connectivity index (χ0) is 13.1. The van der Waals surface area contributed by atoms with Crippen LogP contribution in [0.15, 0.2) is 48.5 Å². The number of hydrogen-bond donors (Lipinski definition) is 1. The van der Waals surface area contributed by atoms with E-state index < -0.39 is 6.10 Å². The standard InChI is InChI=1S/C14H10I2O2/c15-11-5-1-3-9(7-11)13(17)14(18)10-4-2-6-12(16)8-10/h1-8,13,17H/t13-/m0/s1. The average Bonchev–Trinajstić information content (AvgIpc) is 2.37. The lowest BCUT2D eigenvalue weighted by molar-refractivity contribution is 0.0747. The molecule has 1 atom stereocenters. The number of aliphatic hydroxyl groups is 1. The molecule has 92 valence electrons. The Kier molecular flexibility index (Phi) is 4.74. The van der Waals surface area contributed by atoms with Crippen molar-refractivity contribution in [2.45, 2.75) is 6.10 Å². The molecule has 0 aromatic heterocycles. The molecule has 0 radical (unpaired) electrons. The summed E-state index contributed by atoms with van der Waals surface area (Å²) in [6.45, 7) is 0. The van der Waals surface area contributed by atoms with E-state index >= 15 is 0 Å². The van der Waals surface area contributed by atoms with E-state index in [1.165, 1.54) is 0 Å². The molecule has 0 aliphatic rings. The van der Waals surface area contributed by atoms with Crippen LogP contribution >= 0.6 is 45.2 Å². The van der Waals surface area contributed by atoms with E-state index in [0.29, 0.717) is 11.1 Å². The summed E-state index contributed by atoms with van der Waals surface area (Å²) in [6, 6.07) is 14.6. The van der Waals surface area contributed by atoms with E-state index in [1.807, 2.05) is 30.3 Å². The lowest BCUT2D eigenvalue weighted by Gasteiger charge is -2.10. The van der Waals surface area contributed by atoms with Gasteiger partial charge in [-0.1, -0.05) is 24.3 Å². The highest BCUT2D eigenvalue weighted by molar-refractivity contribution is 14.1. The molecule has 18 heavy (non-hydrogen) atoms. The molecule has 0 unspecified atom stereocenters. The van der Waals surface area contributed by atoms with Crippen LogP contribution < -0.4 is 0 Å². The first-order valence-electron chi connectivity index (χ1n) is 5.31. The third-order valence-electron chi connectivity index (χ3n) is 2.52. The van der Waals surface area contributed by atoms with Gasteiger partial charge in [0.25, 0.3) is 0 Å². The summed E-state index contributed by atoms with van der Waals surface area (Å²) in [5, 5.41) is 10.1. The number of aliphatic hydroxyl groups excluding tert-OH is 1. The van der Waals surface area contributed by atoms with Crippen LogP contribution in [-0.4, -0.2) is 10.9 Å². The van der Waals surface area contributed by atoms with Crippen LogP contribution in [0.4, 0.5) is 0 Å². The van der Waals surface area contributed by atoms with Gasteiger partial charge in [0.1, 0.15) is 6.10 Å². The van der Waals surface area contributed by atoms with Gasteiger partial charge in [0.05, 0.1) is 0 Å². The van der Waals surface area contributed by atoms with Crippen LogP contribution in [0.1, 0.15) is 22.0 Å². The summed E-state index contributed by atoms with van der Waals surface area (Å²) in [7, 11) is 0. The van der Waals surface area contributed by atoms with Gasteiger partial charge in [0.15, 0.2) is 5.78 Å². The Balaban J connectivity index is 2.29. The van der Waals surface area contributed by atoms with Crippen molar-refractivity contribution in [3.63, 3.8) is 0 Å². The van der Waals surface area contributed by atoms with Crippen LogP contribution in [-0.2, 0) is 0 Å². The molecule has 0 heterocycles. The SMILES string of the molecule is O=C(c1cccc(I)c1)[C@@H](O)c1cccc(I)c1. The van der Waals surface area contributed by atoms with Crippen LogP contribution in [0.3, 0.4) is 0 Å². The fourth-order valence-corrected chi connectivity index (χ4v) is 2.74. The van der Waals surface area contributed by atoms with Gasteiger partial charge in [-0.25, -0.2) is 0 Å². The minimum Gasteiger partial charge on any atom is -0.380 e. The van der Waals surface area contributed by atoms with Gasteiger partial charge in [-0.3, -0.25) is 4.79 Å². The maximum Gasteiger partial charge on any atom is 0.195 e. The number of carbonyl (C=O) groups is 1. The molecule has 0 aliphatic heterocycles. The molecule has 0 saturated heterocycles. The summed E-state index contributed by atoms with van der Waals surface area (Å²) in [6.07, 6.45) is -1.10. The third kappa shape index (κ3) is 3.30. The molecule has 0 bridgehead atoms. The Morgan fingerprint density at radius 3 is 2.22 bits per heavy atom. The lowest BCUT2D eigenvalue weighted by atomic mass is 10.0. The van der Waals surface area contributed by atoms with Crippen LogP contribution in [0, 0.1) is 7.14 Å². The lowest BCUT2D eigenvalue weighted by Crippen LogP contribution is -2.12. The van der Waals surface area contributed by atoms with E-state index in [2.05, 4.69) is 45.2 Å². The van der Waals surface area contributed by atoms with Crippen molar-refractivity contribution in [2.24, 2.45) is 0 Å². The van der Waals surface area contributed by atoms with Crippen molar-refractivity contribution < 1.29 is 9.90 Å². The minimum absolute atomic E-state index is 0.268. The molecular formula is C14H10I2O2. The van der Waals surface area contributed by atoms with Gasteiger partial charge in [-0.05, 0) is 75.0 Å². The molecule has 1 N–H and O–H groups in total. The fourth-order valence-electron chi connectivity index (χ4n) is 1.63. The second-order valence-corrected chi connectivity index (χ2v) is 6.32. The molecule has 0 spiro atoms. The molecule has 4 heteroatoms. The highest BCUT2D eigenvalue weighted by Crippen LogP contribution is 2.21. The first kappa shape index (κ1) is 14.0. The van der Waals surface area contributed by atoms with Crippen molar-refractivity contribution in [1.29, 1.82) is 0 Å². The highest BCUT2D eigenvalue weighted by atomic mass is 127. The van der Waals surface area contributed by atoms with Crippen LogP contribution in [0.2, 0.25) is 0 Å². The Labute approximate surface area is 133 Å². The molecule has 2 nitrogen and oxygen atoms in total. The number of hydrogen-bond acceptors (Lipinski definition) is 2. The minimum atomic E-state index is -1.10. The fraction of sp³-hybridized carbons (Fsp3) is 0.0714. The van der Waals surface area contributed by atoms with E-state index in [9.17, 15) is 9.90 Å². The van der Waals surface area contributed by atoms with Crippen molar-refractivity contribution in [3.8, 4) is 0 Å². The van der Waals surface area contributed by atoms with E-state index in [-0.39, 0.29) is 5.78 Å². The number of rotatable bonds is 3. The average molecular weight is 464 g/mol. The predicted molar refractivity (Wildman–Crippen MR) is 87.6 cm³/mol. The van der Waals surface area contributed by atoms with E-state index in [1.54, 1.807) is 18.2 Å². The zero-order valence-electron chi connectivity index (χ0n) is 9.31. The summed E-state index contributed by atoms with van der Waals surface area (Å²) in [4.78, 5) is 12.2. The number of ketones is 1. The quantitative estimate of drug-likeness (QED) is 0.555. The second-order valence-electron chi connectivity index (χ2n) is 3.83.